The number of hydrogen-bond acceptors (Lipinski definition) is 4. The summed E-state index contributed by atoms with van der Waals surface area (Å²) >= 11 is 6.16. The number of carbonyl (C=O) groups is 1. The highest BCUT2D eigenvalue weighted by atomic mass is 35.5. The van der Waals surface area contributed by atoms with E-state index in [9.17, 15) is 4.79 Å². The molecular weight excluding hydrogens is 520 g/mol. The van der Waals surface area contributed by atoms with Gasteiger partial charge in [-0.15, -0.1) is 0 Å². The maximum absolute atomic E-state index is 13.1. The molecule has 5 aliphatic rings. The molecule has 2 aliphatic heterocycles. The molecule has 8 heteroatoms. The van der Waals surface area contributed by atoms with Crippen molar-refractivity contribution in [2.75, 3.05) is 38.5 Å². The number of guanidine groups is 1. The van der Waals surface area contributed by atoms with Gasteiger partial charge in [-0.05, 0) is 89.6 Å². The van der Waals surface area contributed by atoms with Crippen LogP contribution in [-0.4, -0.2) is 65.9 Å². The van der Waals surface area contributed by atoms with Crippen LogP contribution < -0.4 is 10.7 Å². The van der Waals surface area contributed by atoms with Crippen molar-refractivity contribution in [1.29, 1.82) is 0 Å². The number of piperazine rings is 1. The van der Waals surface area contributed by atoms with Crippen molar-refractivity contribution in [2.45, 2.75) is 46.2 Å². The van der Waals surface area contributed by atoms with Crippen molar-refractivity contribution >= 4 is 35.2 Å². The Balaban J connectivity index is 0.998. The molecule has 1 amide bonds. The van der Waals surface area contributed by atoms with Crippen molar-refractivity contribution in [1.82, 2.24) is 20.2 Å². The van der Waals surface area contributed by atoms with Gasteiger partial charge in [0.15, 0.2) is 0 Å². The summed E-state index contributed by atoms with van der Waals surface area (Å²) in [6.45, 7) is 12.0. The normalized spacial score (nSPS) is 28.0. The number of hydrazine groups is 1. The van der Waals surface area contributed by atoms with Gasteiger partial charge in [0, 0.05) is 61.7 Å². The summed E-state index contributed by atoms with van der Waals surface area (Å²) in [5.74, 6) is 3.22. The quantitative estimate of drug-likeness (QED) is 0.379. The maximum atomic E-state index is 13.1. The van der Waals surface area contributed by atoms with Crippen LogP contribution in [0.15, 0.2) is 53.7 Å². The van der Waals surface area contributed by atoms with E-state index in [-0.39, 0.29) is 5.91 Å². The Kier molecular flexibility index (Phi) is 7.40. The molecule has 7 rings (SSSR count). The lowest BCUT2D eigenvalue weighted by molar-refractivity contribution is -0.143. The maximum Gasteiger partial charge on any atom is 0.258 e. The molecule has 1 saturated heterocycles. The van der Waals surface area contributed by atoms with Gasteiger partial charge in [-0.3, -0.25) is 20.1 Å². The predicted molar refractivity (Wildman–Crippen MR) is 163 cm³/mol. The van der Waals surface area contributed by atoms with Gasteiger partial charge in [0.2, 0.25) is 5.96 Å². The Morgan fingerprint density at radius 1 is 1.05 bits per heavy atom. The topological polar surface area (TPSA) is 63.2 Å². The van der Waals surface area contributed by atoms with E-state index in [1.54, 1.807) is 11.9 Å². The Hall–Kier alpha value is -2.87. The van der Waals surface area contributed by atoms with Crippen LogP contribution in [0.3, 0.4) is 0 Å². The molecule has 4 atom stereocenters. The molecule has 2 bridgehead atoms. The molecule has 212 valence electrons. The monoisotopic (exact) mass is 560 g/mol. The summed E-state index contributed by atoms with van der Waals surface area (Å²) in [6.07, 6.45) is 6.59. The second-order valence-electron chi connectivity index (χ2n) is 12.5. The Morgan fingerprint density at radius 3 is 2.48 bits per heavy atom. The number of hydrogen-bond donors (Lipinski definition) is 2. The molecule has 0 spiro atoms. The average molecular weight is 561 g/mol. The second kappa shape index (κ2) is 10.8. The zero-order valence-corrected chi connectivity index (χ0v) is 24.8. The third-order valence-corrected chi connectivity index (χ3v) is 10.4. The van der Waals surface area contributed by atoms with E-state index in [1.807, 2.05) is 54.7 Å². The SMILES string of the molecule is CN=C(Nc1ccc(C(=O)N2C=Cc3ccc(Cl)cc3C2)cc1)NN1CCN(C2CC3CC(C2C)C3(C)C)CC1. The molecule has 0 aromatic heterocycles. The lowest BCUT2D eigenvalue weighted by Gasteiger charge is -2.64. The van der Waals surface area contributed by atoms with E-state index < -0.39 is 0 Å². The molecule has 3 aliphatic carbocycles. The molecule has 2 aromatic carbocycles. The van der Waals surface area contributed by atoms with Crippen molar-refractivity contribution in [3.05, 3.63) is 70.4 Å². The Bertz CT molecular complexity index is 1310. The highest BCUT2D eigenvalue weighted by Crippen LogP contribution is 2.62. The van der Waals surface area contributed by atoms with Crippen LogP contribution >= 0.6 is 11.6 Å². The smallest absolute Gasteiger partial charge is 0.258 e. The second-order valence-corrected chi connectivity index (χ2v) is 13.0. The molecule has 3 saturated carbocycles. The van der Waals surface area contributed by atoms with Crippen LogP contribution in [0, 0.1) is 23.2 Å². The number of nitrogens with one attached hydrogen (secondary N) is 2. The Morgan fingerprint density at radius 2 is 1.80 bits per heavy atom. The van der Waals surface area contributed by atoms with E-state index in [0.717, 1.165) is 66.8 Å². The van der Waals surface area contributed by atoms with Crippen molar-refractivity contribution in [3.8, 4) is 0 Å². The lowest BCUT2D eigenvalue weighted by atomic mass is 9.44. The number of fused-ring (bicyclic) bond motifs is 3. The molecule has 4 fully saturated rings. The number of halogens is 1. The highest BCUT2D eigenvalue weighted by molar-refractivity contribution is 6.30. The summed E-state index contributed by atoms with van der Waals surface area (Å²) in [6, 6.07) is 14.1. The third kappa shape index (κ3) is 5.15. The molecular formula is C32H41ClN6O. The van der Waals surface area contributed by atoms with Gasteiger partial charge in [0.05, 0.1) is 6.54 Å². The zero-order valence-electron chi connectivity index (χ0n) is 24.0. The minimum Gasteiger partial charge on any atom is -0.325 e. The first-order valence-electron chi connectivity index (χ1n) is 14.6. The van der Waals surface area contributed by atoms with Gasteiger partial charge in [0.1, 0.15) is 0 Å². The summed E-state index contributed by atoms with van der Waals surface area (Å²) in [4.78, 5) is 22.0. The molecule has 40 heavy (non-hydrogen) atoms. The summed E-state index contributed by atoms with van der Waals surface area (Å²) in [5, 5.41) is 6.31. The molecule has 2 heterocycles. The number of anilines is 1. The number of amides is 1. The summed E-state index contributed by atoms with van der Waals surface area (Å²) < 4.78 is 0. The van der Waals surface area contributed by atoms with Gasteiger partial charge < -0.3 is 10.2 Å². The molecule has 7 nitrogen and oxygen atoms in total. The van der Waals surface area contributed by atoms with E-state index in [1.165, 1.54) is 12.8 Å². The van der Waals surface area contributed by atoms with Crippen LogP contribution in [0.25, 0.3) is 6.08 Å². The standard InChI is InChI=1S/C32H41ClN6O/c1-21-28-18-25(32(28,2)3)19-29(21)37-13-15-39(16-14-37)36-31(34-4)35-27-9-6-23(7-10-27)30(40)38-12-11-22-5-8-26(33)17-24(22)20-38/h5-12,17,21,25,28-29H,13-16,18-20H2,1-4H3,(H2,34,35,36). The number of rotatable bonds is 4. The zero-order chi connectivity index (χ0) is 28.0. The fourth-order valence-electron chi connectivity index (χ4n) is 7.47. The predicted octanol–water partition coefficient (Wildman–Crippen LogP) is 5.56. The number of aliphatic imine (C=N–C) groups is 1. The molecule has 0 radical (unpaired) electrons. The van der Waals surface area contributed by atoms with E-state index in [4.69, 9.17) is 11.6 Å². The largest absolute Gasteiger partial charge is 0.325 e. The molecule has 2 N–H and O–H groups in total. The first-order chi connectivity index (χ1) is 19.2. The minimum absolute atomic E-state index is 0.0399. The fourth-order valence-corrected chi connectivity index (χ4v) is 7.67. The number of nitrogens with zero attached hydrogens (tertiary/aromatic N) is 4. The van der Waals surface area contributed by atoms with Crippen molar-refractivity contribution in [2.24, 2.45) is 28.2 Å². The number of carbonyl (C=O) groups excluding carboxylic acids is 1. The minimum atomic E-state index is -0.0399. The van der Waals surface area contributed by atoms with Gasteiger partial charge >= 0.3 is 0 Å². The number of benzene rings is 2. The fraction of sp³-hybridized carbons (Fsp3) is 0.500. The van der Waals surface area contributed by atoms with Crippen LogP contribution in [-0.2, 0) is 6.54 Å². The van der Waals surface area contributed by atoms with Crippen LogP contribution in [0.2, 0.25) is 5.02 Å². The average Bonchev–Trinajstić information content (AvgIpc) is 2.96. The van der Waals surface area contributed by atoms with Gasteiger partial charge in [0.25, 0.3) is 5.91 Å². The van der Waals surface area contributed by atoms with Crippen LogP contribution in [0.4, 0.5) is 5.69 Å². The third-order valence-electron chi connectivity index (χ3n) is 10.1. The van der Waals surface area contributed by atoms with E-state index >= 15 is 0 Å². The van der Waals surface area contributed by atoms with E-state index in [0.29, 0.717) is 28.5 Å². The molecule has 4 unspecified atom stereocenters. The van der Waals surface area contributed by atoms with E-state index in [2.05, 4.69) is 46.4 Å². The first-order valence-corrected chi connectivity index (χ1v) is 15.0. The van der Waals surface area contributed by atoms with Crippen LogP contribution in [0.5, 0.6) is 0 Å². The summed E-state index contributed by atoms with van der Waals surface area (Å²) in [5.41, 5.74) is 7.67. The summed E-state index contributed by atoms with van der Waals surface area (Å²) in [7, 11) is 1.79. The van der Waals surface area contributed by atoms with Gasteiger partial charge in [-0.2, -0.15) is 0 Å². The highest BCUT2D eigenvalue weighted by Gasteiger charge is 2.57. The Labute approximate surface area is 243 Å². The van der Waals surface area contributed by atoms with Gasteiger partial charge in [-0.1, -0.05) is 38.4 Å². The van der Waals surface area contributed by atoms with Crippen molar-refractivity contribution < 1.29 is 4.79 Å². The van der Waals surface area contributed by atoms with Crippen molar-refractivity contribution in [3.63, 3.8) is 0 Å². The molecule has 2 aromatic rings. The van der Waals surface area contributed by atoms with Gasteiger partial charge in [-0.25, -0.2) is 5.01 Å². The lowest BCUT2D eigenvalue weighted by Crippen LogP contribution is -2.64. The van der Waals surface area contributed by atoms with Crippen LogP contribution in [0.1, 0.15) is 55.1 Å². The first kappa shape index (κ1) is 27.3.